The van der Waals surface area contributed by atoms with Crippen LogP contribution in [0.15, 0.2) is 18.2 Å². The van der Waals surface area contributed by atoms with Crippen LogP contribution in [0.2, 0.25) is 5.02 Å². The Bertz CT molecular complexity index is 435. The van der Waals surface area contributed by atoms with Gasteiger partial charge in [-0.25, -0.2) is 0 Å². The van der Waals surface area contributed by atoms with E-state index in [0.29, 0.717) is 0 Å². The van der Waals surface area contributed by atoms with Crippen molar-refractivity contribution in [2.24, 2.45) is 17.1 Å². The van der Waals surface area contributed by atoms with Crippen LogP contribution in [-0.4, -0.2) is 13.7 Å². The number of ether oxygens (including phenoxy) is 1. The third-order valence-electron chi connectivity index (χ3n) is 4.62. The summed E-state index contributed by atoms with van der Waals surface area (Å²) < 4.78 is 5.45. The maximum absolute atomic E-state index is 6.12. The molecule has 106 valence electrons. The first-order valence-electron chi connectivity index (χ1n) is 7.15. The van der Waals surface area contributed by atoms with Gasteiger partial charge < -0.3 is 10.5 Å². The number of hydrogen-bond donors (Lipinski definition) is 1. The van der Waals surface area contributed by atoms with Crippen LogP contribution in [0.5, 0.6) is 5.75 Å². The molecule has 1 aliphatic carbocycles. The highest BCUT2D eigenvalue weighted by molar-refractivity contribution is 6.30. The van der Waals surface area contributed by atoms with E-state index >= 15 is 0 Å². The van der Waals surface area contributed by atoms with Crippen LogP contribution in [0.4, 0.5) is 0 Å². The third-order valence-corrected chi connectivity index (χ3v) is 4.86. The van der Waals surface area contributed by atoms with Gasteiger partial charge in [0.05, 0.1) is 7.11 Å². The molecular weight excluding hydrogens is 258 g/mol. The molecule has 19 heavy (non-hydrogen) atoms. The van der Waals surface area contributed by atoms with Gasteiger partial charge in [0, 0.05) is 5.02 Å². The number of benzene rings is 1. The minimum absolute atomic E-state index is 0.235. The average molecular weight is 282 g/mol. The number of hydrogen-bond acceptors (Lipinski definition) is 2. The lowest BCUT2D eigenvalue weighted by Crippen LogP contribution is -2.30. The topological polar surface area (TPSA) is 35.2 Å². The molecule has 1 fully saturated rings. The molecule has 1 aliphatic rings. The third kappa shape index (κ3) is 3.24. The van der Waals surface area contributed by atoms with Crippen LogP contribution in [-0.2, 0) is 6.42 Å². The van der Waals surface area contributed by atoms with Gasteiger partial charge in [0.1, 0.15) is 5.75 Å². The van der Waals surface area contributed by atoms with E-state index in [-0.39, 0.29) is 5.41 Å². The fourth-order valence-electron chi connectivity index (χ4n) is 3.38. The quantitative estimate of drug-likeness (QED) is 0.884. The van der Waals surface area contributed by atoms with Gasteiger partial charge in [0.2, 0.25) is 0 Å². The SMILES string of the molecule is CCC1CCC(CN)(Cc2cc(Cl)ccc2OC)C1. The van der Waals surface area contributed by atoms with Crippen molar-refractivity contribution in [2.45, 2.75) is 39.0 Å². The number of halogens is 1. The highest BCUT2D eigenvalue weighted by atomic mass is 35.5. The van der Waals surface area contributed by atoms with Gasteiger partial charge in [-0.15, -0.1) is 0 Å². The molecular formula is C16H24ClNO. The number of nitrogens with two attached hydrogens (primary N) is 1. The molecule has 0 heterocycles. The smallest absolute Gasteiger partial charge is 0.122 e. The molecule has 0 spiro atoms. The Morgan fingerprint density at radius 2 is 2.26 bits per heavy atom. The highest BCUT2D eigenvalue weighted by Crippen LogP contribution is 2.45. The van der Waals surface area contributed by atoms with Crippen molar-refractivity contribution < 1.29 is 4.74 Å². The van der Waals surface area contributed by atoms with E-state index in [0.717, 1.165) is 29.7 Å². The molecule has 2 atom stereocenters. The van der Waals surface area contributed by atoms with Crippen molar-refractivity contribution in [3.63, 3.8) is 0 Å². The normalized spacial score (nSPS) is 26.6. The number of rotatable bonds is 5. The minimum Gasteiger partial charge on any atom is -0.496 e. The Morgan fingerprint density at radius 3 is 2.84 bits per heavy atom. The Labute approximate surface area is 121 Å². The Balaban J connectivity index is 2.21. The van der Waals surface area contributed by atoms with E-state index in [4.69, 9.17) is 22.1 Å². The molecule has 1 aromatic carbocycles. The molecule has 0 bridgehead atoms. The first-order chi connectivity index (χ1) is 9.12. The van der Waals surface area contributed by atoms with E-state index in [9.17, 15) is 0 Å². The zero-order chi connectivity index (χ0) is 13.9. The standard InChI is InChI=1S/C16H24ClNO/c1-3-12-6-7-16(9-12,11-18)10-13-8-14(17)4-5-15(13)19-2/h4-5,8,12H,3,6-7,9-11,18H2,1-2H3. The van der Waals surface area contributed by atoms with Crippen molar-refractivity contribution in [3.8, 4) is 5.75 Å². The molecule has 2 unspecified atom stereocenters. The maximum atomic E-state index is 6.12. The van der Waals surface area contributed by atoms with E-state index in [1.807, 2.05) is 18.2 Å². The molecule has 0 aliphatic heterocycles. The van der Waals surface area contributed by atoms with Crippen LogP contribution < -0.4 is 10.5 Å². The van der Waals surface area contributed by atoms with Gasteiger partial charge >= 0.3 is 0 Å². The fraction of sp³-hybridized carbons (Fsp3) is 0.625. The maximum Gasteiger partial charge on any atom is 0.122 e. The molecule has 2 nitrogen and oxygen atoms in total. The van der Waals surface area contributed by atoms with E-state index < -0.39 is 0 Å². The van der Waals surface area contributed by atoms with E-state index in [2.05, 4.69) is 6.92 Å². The summed E-state index contributed by atoms with van der Waals surface area (Å²) >= 11 is 6.12. The van der Waals surface area contributed by atoms with Crippen LogP contribution in [0.3, 0.4) is 0 Å². The Morgan fingerprint density at radius 1 is 1.47 bits per heavy atom. The van der Waals surface area contributed by atoms with Gasteiger partial charge in [-0.1, -0.05) is 24.9 Å². The summed E-state index contributed by atoms with van der Waals surface area (Å²) in [6.07, 6.45) is 5.99. The van der Waals surface area contributed by atoms with Crippen LogP contribution in [0.25, 0.3) is 0 Å². The molecule has 1 saturated carbocycles. The lowest BCUT2D eigenvalue weighted by molar-refractivity contribution is 0.285. The second-order valence-electron chi connectivity index (χ2n) is 5.85. The Hall–Kier alpha value is -0.730. The summed E-state index contributed by atoms with van der Waals surface area (Å²) in [6.45, 7) is 3.02. The van der Waals surface area contributed by atoms with Gasteiger partial charge in [0.15, 0.2) is 0 Å². The molecule has 1 aromatic rings. The molecule has 3 heteroatoms. The molecule has 0 radical (unpaired) electrons. The van der Waals surface area contributed by atoms with Gasteiger partial charge in [-0.3, -0.25) is 0 Å². The lowest BCUT2D eigenvalue weighted by atomic mass is 9.79. The fourth-order valence-corrected chi connectivity index (χ4v) is 3.58. The number of methoxy groups -OCH3 is 1. The molecule has 2 N–H and O–H groups in total. The lowest BCUT2D eigenvalue weighted by Gasteiger charge is -2.28. The average Bonchev–Trinajstić information content (AvgIpc) is 2.83. The predicted octanol–water partition coefficient (Wildman–Crippen LogP) is 4.05. The summed E-state index contributed by atoms with van der Waals surface area (Å²) in [5.41, 5.74) is 7.52. The van der Waals surface area contributed by atoms with E-state index in [1.165, 1.54) is 31.2 Å². The van der Waals surface area contributed by atoms with Gasteiger partial charge in [-0.2, -0.15) is 0 Å². The first-order valence-corrected chi connectivity index (χ1v) is 7.53. The highest BCUT2D eigenvalue weighted by Gasteiger charge is 2.37. The van der Waals surface area contributed by atoms with E-state index in [1.54, 1.807) is 7.11 Å². The van der Waals surface area contributed by atoms with Crippen molar-refractivity contribution >= 4 is 11.6 Å². The van der Waals surface area contributed by atoms with Gasteiger partial charge in [-0.05, 0) is 67.3 Å². The predicted molar refractivity (Wildman–Crippen MR) is 80.8 cm³/mol. The summed E-state index contributed by atoms with van der Waals surface area (Å²) in [5.74, 6) is 1.76. The van der Waals surface area contributed by atoms with Crippen LogP contribution in [0.1, 0.15) is 38.2 Å². The summed E-state index contributed by atoms with van der Waals surface area (Å²) in [7, 11) is 1.71. The zero-order valence-electron chi connectivity index (χ0n) is 11.9. The monoisotopic (exact) mass is 281 g/mol. The summed E-state index contributed by atoms with van der Waals surface area (Å²) in [4.78, 5) is 0. The second kappa shape index (κ2) is 6.15. The Kier molecular flexibility index (Phi) is 4.75. The second-order valence-corrected chi connectivity index (χ2v) is 6.29. The van der Waals surface area contributed by atoms with Gasteiger partial charge in [0.25, 0.3) is 0 Å². The largest absolute Gasteiger partial charge is 0.496 e. The molecule has 0 amide bonds. The summed E-state index contributed by atoms with van der Waals surface area (Å²) in [6, 6.07) is 5.85. The van der Waals surface area contributed by atoms with Crippen LogP contribution in [0, 0.1) is 11.3 Å². The van der Waals surface area contributed by atoms with Crippen LogP contribution >= 0.6 is 11.6 Å². The summed E-state index contributed by atoms with van der Waals surface area (Å²) in [5, 5.41) is 0.771. The minimum atomic E-state index is 0.235. The molecule has 0 aromatic heterocycles. The molecule has 2 rings (SSSR count). The van der Waals surface area contributed by atoms with Crippen molar-refractivity contribution in [1.29, 1.82) is 0 Å². The zero-order valence-corrected chi connectivity index (χ0v) is 12.7. The van der Waals surface area contributed by atoms with Crippen molar-refractivity contribution in [2.75, 3.05) is 13.7 Å². The van der Waals surface area contributed by atoms with Crippen molar-refractivity contribution in [1.82, 2.24) is 0 Å². The van der Waals surface area contributed by atoms with Crippen molar-refractivity contribution in [3.05, 3.63) is 28.8 Å². The molecule has 0 saturated heterocycles. The first kappa shape index (κ1) is 14.7.